The van der Waals surface area contributed by atoms with Gasteiger partial charge in [-0.2, -0.15) is 4.31 Å². The van der Waals surface area contributed by atoms with Crippen molar-refractivity contribution in [2.75, 3.05) is 45.9 Å². The van der Waals surface area contributed by atoms with E-state index in [9.17, 15) is 17.6 Å². The highest BCUT2D eigenvalue weighted by molar-refractivity contribution is 7.89. The molecule has 0 spiro atoms. The van der Waals surface area contributed by atoms with Crippen LogP contribution in [-0.2, 0) is 27.8 Å². The van der Waals surface area contributed by atoms with Crippen LogP contribution in [0.15, 0.2) is 41.3 Å². The van der Waals surface area contributed by atoms with Crippen LogP contribution < -0.4 is 4.74 Å². The van der Waals surface area contributed by atoms with Crippen LogP contribution in [0.2, 0.25) is 5.02 Å². The normalized spacial score (nSPS) is 17.6. The maximum Gasteiger partial charge on any atom is 0.243 e. The Balaban J connectivity index is 1.33. The third-order valence-corrected chi connectivity index (χ3v) is 8.24. The van der Waals surface area contributed by atoms with Crippen LogP contribution in [0, 0.1) is 5.82 Å². The highest BCUT2D eigenvalue weighted by atomic mass is 35.5. The fourth-order valence-electron chi connectivity index (χ4n) is 4.24. The molecule has 0 radical (unpaired) electrons. The second-order valence-electron chi connectivity index (χ2n) is 8.18. The van der Waals surface area contributed by atoms with Crippen molar-refractivity contribution in [1.82, 2.24) is 14.1 Å². The first-order chi connectivity index (χ1) is 15.8. The standard InChI is InChI=1S/C23H27ClFN3O4S/c1-2-32-19-4-3-17-7-8-26(15-18(17)13-19)16-23(29)27-9-11-28(12-10-27)33(30,31)20-5-6-22(25)21(24)14-20/h3-6,13-14H,2,7-12,15-16H2,1H3. The average Bonchev–Trinajstić information content (AvgIpc) is 2.81. The molecule has 0 bridgehead atoms. The molecule has 1 fully saturated rings. The molecule has 0 atom stereocenters. The Labute approximate surface area is 198 Å². The van der Waals surface area contributed by atoms with E-state index in [0.29, 0.717) is 32.8 Å². The Morgan fingerprint density at radius 3 is 2.52 bits per heavy atom. The monoisotopic (exact) mass is 495 g/mol. The topological polar surface area (TPSA) is 70.2 Å². The fourth-order valence-corrected chi connectivity index (χ4v) is 5.93. The van der Waals surface area contributed by atoms with Crippen molar-refractivity contribution >= 4 is 27.5 Å². The summed E-state index contributed by atoms with van der Waals surface area (Å²) in [5.41, 5.74) is 2.45. The molecule has 2 aromatic rings. The summed E-state index contributed by atoms with van der Waals surface area (Å²) >= 11 is 5.75. The SMILES string of the molecule is CCOc1ccc2c(c1)CN(CC(=O)N1CCN(S(=O)(=O)c3ccc(F)c(Cl)c3)CC1)CC2. The van der Waals surface area contributed by atoms with Crippen molar-refractivity contribution in [2.24, 2.45) is 0 Å². The molecule has 2 heterocycles. The molecule has 0 N–H and O–H groups in total. The van der Waals surface area contributed by atoms with Gasteiger partial charge >= 0.3 is 0 Å². The van der Waals surface area contributed by atoms with E-state index in [1.165, 1.54) is 21.5 Å². The van der Waals surface area contributed by atoms with Crippen LogP contribution in [0.25, 0.3) is 0 Å². The highest BCUT2D eigenvalue weighted by Gasteiger charge is 2.31. The van der Waals surface area contributed by atoms with Gasteiger partial charge in [0.2, 0.25) is 15.9 Å². The average molecular weight is 496 g/mol. The Morgan fingerprint density at radius 1 is 1.06 bits per heavy atom. The number of carbonyl (C=O) groups is 1. The van der Waals surface area contributed by atoms with Gasteiger partial charge in [-0.3, -0.25) is 9.69 Å². The molecule has 7 nitrogen and oxygen atoms in total. The van der Waals surface area contributed by atoms with Crippen molar-refractivity contribution in [3.63, 3.8) is 0 Å². The molecule has 2 aliphatic heterocycles. The van der Waals surface area contributed by atoms with E-state index in [1.54, 1.807) is 4.90 Å². The Bertz CT molecular complexity index is 1140. The number of nitrogens with zero attached hydrogens (tertiary/aromatic N) is 3. The lowest BCUT2D eigenvalue weighted by Crippen LogP contribution is -2.52. The zero-order valence-corrected chi connectivity index (χ0v) is 20.0. The van der Waals surface area contributed by atoms with Gasteiger partial charge < -0.3 is 9.64 Å². The third kappa shape index (κ3) is 5.32. The van der Waals surface area contributed by atoms with Crippen molar-refractivity contribution < 1.29 is 22.3 Å². The number of amides is 1. The van der Waals surface area contributed by atoms with Crippen LogP contribution >= 0.6 is 11.6 Å². The Morgan fingerprint density at radius 2 is 1.82 bits per heavy atom. The van der Waals surface area contributed by atoms with Crippen molar-refractivity contribution in [1.29, 1.82) is 0 Å². The number of fused-ring (bicyclic) bond motifs is 1. The number of hydrogen-bond donors (Lipinski definition) is 0. The maximum atomic E-state index is 13.4. The minimum Gasteiger partial charge on any atom is -0.494 e. The lowest BCUT2D eigenvalue weighted by molar-refractivity contribution is -0.133. The summed E-state index contributed by atoms with van der Waals surface area (Å²) in [6.07, 6.45) is 0.876. The van der Waals surface area contributed by atoms with E-state index in [4.69, 9.17) is 16.3 Å². The molecule has 178 valence electrons. The Kier molecular flexibility index (Phi) is 7.23. The molecule has 2 aliphatic rings. The smallest absolute Gasteiger partial charge is 0.243 e. The first-order valence-electron chi connectivity index (χ1n) is 11.0. The van der Waals surface area contributed by atoms with Crippen LogP contribution in [0.3, 0.4) is 0 Å². The largest absolute Gasteiger partial charge is 0.494 e. The molecule has 0 saturated carbocycles. The summed E-state index contributed by atoms with van der Waals surface area (Å²) in [6.45, 7) is 5.32. The molecule has 4 rings (SSSR count). The van der Waals surface area contributed by atoms with Crippen molar-refractivity contribution in [3.05, 3.63) is 58.4 Å². The second kappa shape index (κ2) is 9.97. The number of halogens is 2. The highest BCUT2D eigenvalue weighted by Crippen LogP contribution is 2.25. The van der Waals surface area contributed by atoms with Gasteiger partial charge in [0.15, 0.2) is 0 Å². The Hall–Kier alpha value is -2.20. The number of piperazine rings is 1. The quantitative estimate of drug-likeness (QED) is 0.616. The third-order valence-electron chi connectivity index (χ3n) is 6.06. The lowest BCUT2D eigenvalue weighted by atomic mass is 9.99. The van der Waals surface area contributed by atoms with Crippen LogP contribution in [0.5, 0.6) is 5.75 Å². The van der Waals surface area contributed by atoms with Crippen molar-refractivity contribution in [2.45, 2.75) is 24.8 Å². The van der Waals surface area contributed by atoms with Gasteiger partial charge in [-0.1, -0.05) is 17.7 Å². The molecular weight excluding hydrogens is 469 g/mol. The molecule has 10 heteroatoms. The molecule has 0 aliphatic carbocycles. The summed E-state index contributed by atoms with van der Waals surface area (Å²) in [7, 11) is -3.80. The van der Waals surface area contributed by atoms with E-state index in [-0.39, 0.29) is 28.9 Å². The van der Waals surface area contributed by atoms with E-state index in [2.05, 4.69) is 11.0 Å². The van der Waals surface area contributed by atoms with Gasteiger partial charge in [0.05, 0.1) is 23.1 Å². The van der Waals surface area contributed by atoms with E-state index < -0.39 is 15.8 Å². The van der Waals surface area contributed by atoms with Gasteiger partial charge in [-0.15, -0.1) is 0 Å². The molecule has 2 aromatic carbocycles. The molecule has 1 amide bonds. The predicted molar refractivity (Wildman–Crippen MR) is 123 cm³/mol. The number of hydrogen-bond acceptors (Lipinski definition) is 5. The lowest BCUT2D eigenvalue weighted by Gasteiger charge is -2.36. The van der Waals surface area contributed by atoms with Crippen LogP contribution in [0.4, 0.5) is 4.39 Å². The van der Waals surface area contributed by atoms with E-state index >= 15 is 0 Å². The van der Waals surface area contributed by atoms with E-state index in [1.807, 2.05) is 19.1 Å². The minimum atomic E-state index is -3.80. The number of sulfonamides is 1. The fraction of sp³-hybridized carbons (Fsp3) is 0.435. The molecular formula is C23H27ClFN3O4S. The number of rotatable bonds is 6. The summed E-state index contributed by atoms with van der Waals surface area (Å²) in [5.74, 6) is 0.158. The molecule has 0 aromatic heterocycles. The van der Waals surface area contributed by atoms with Gasteiger partial charge in [0.25, 0.3) is 0 Å². The first-order valence-corrected chi connectivity index (χ1v) is 12.8. The first kappa shape index (κ1) is 23.9. The molecule has 1 saturated heterocycles. The minimum absolute atomic E-state index is 0.0127. The van der Waals surface area contributed by atoms with Gasteiger partial charge in [-0.25, -0.2) is 12.8 Å². The van der Waals surface area contributed by atoms with Crippen LogP contribution in [0.1, 0.15) is 18.1 Å². The van der Waals surface area contributed by atoms with Gasteiger partial charge in [0, 0.05) is 39.3 Å². The molecule has 33 heavy (non-hydrogen) atoms. The summed E-state index contributed by atoms with van der Waals surface area (Å²) in [4.78, 5) is 16.7. The zero-order chi connectivity index (χ0) is 23.6. The maximum absolute atomic E-state index is 13.4. The predicted octanol–water partition coefficient (Wildman–Crippen LogP) is 2.77. The van der Waals surface area contributed by atoms with Gasteiger partial charge in [-0.05, 0) is 54.8 Å². The second-order valence-corrected chi connectivity index (χ2v) is 10.5. The van der Waals surface area contributed by atoms with E-state index in [0.717, 1.165) is 30.8 Å². The summed E-state index contributed by atoms with van der Waals surface area (Å²) < 4.78 is 46.0. The number of carbonyl (C=O) groups excluding carboxylic acids is 1. The molecule has 0 unspecified atom stereocenters. The van der Waals surface area contributed by atoms with Gasteiger partial charge in [0.1, 0.15) is 11.6 Å². The summed E-state index contributed by atoms with van der Waals surface area (Å²) in [5, 5.41) is -0.235. The van der Waals surface area contributed by atoms with Crippen molar-refractivity contribution in [3.8, 4) is 5.75 Å². The number of benzene rings is 2. The zero-order valence-electron chi connectivity index (χ0n) is 18.5. The van der Waals surface area contributed by atoms with Crippen LogP contribution in [-0.4, -0.2) is 74.3 Å². The number of ether oxygens (including phenoxy) is 1. The summed E-state index contributed by atoms with van der Waals surface area (Å²) in [6, 6.07) is 9.49.